The summed E-state index contributed by atoms with van der Waals surface area (Å²) in [5.41, 5.74) is 2.65. The molecule has 0 bridgehead atoms. The molecule has 0 unspecified atom stereocenters. The van der Waals surface area contributed by atoms with Gasteiger partial charge in [0, 0.05) is 25.7 Å². The lowest BCUT2D eigenvalue weighted by Gasteiger charge is -2.16. The van der Waals surface area contributed by atoms with Crippen molar-refractivity contribution in [2.75, 3.05) is 18.0 Å². The number of anilines is 1. The molecule has 0 radical (unpaired) electrons. The van der Waals surface area contributed by atoms with E-state index in [9.17, 15) is 17.2 Å². The number of alkyl halides is 2. The zero-order valence-corrected chi connectivity index (χ0v) is 19.9. The summed E-state index contributed by atoms with van der Waals surface area (Å²) in [6, 6.07) is 11.9. The number of guanidine groups is 1. The van der Waals surface area contributed by atoms with E-state index in [2.05, 4.69) is 25.1 Å². The molecule has 2 aromatic carbocycles. The Balaban J connectivity index is 0.00000450. The molecular weight excluding hydrogens is 529 g/mol. The molecule has 0 saturated carbocycles. The number of sulfonamides is 1. The average Bonchev–Trinajstić information content (AvgIpc) is 2.63. The Hall–Kier alpha value is -2.15. The standard InChI is InChI=1S/C19H24F2N4O3S.HI/c1-13-8-9-17(28-18(20)21)15(10-13)12-24-19(22-2)23-11-14-6-4-5-7-16(14)25-29(3,26)27;/h4-10,18,25H,11-12H2,1-3H3,(H2,22,23,24);1H. The van der Waals surface area contributed by atoms with Crippen LogP contribution in [0.1, 0.15) is 16.7 Å². The third kappa shape index (κ3) is 8.69. The van der Waals surface area contributed by atoms with Crippen molar-refractivity contribution in [2.24, 2.45) is 4.99 Å². The summed E-state index contributed by atoms with van der Waals surface area (Å²) < 4.78 is 55.2. The maximum Gasteiger partial charge on any atom is 0.387 e. The van der Waals surface area contributed by atoms with Gasteiger partial charge in [-0.2, -0.15) is 8.78 Å². The van der Waals surface area contributed by atoms with E-state index in [0.29, 0.717) is 23.8 Å². The lowest BCUT2D eigenvalue weighted by atomic mass is 10.1. The number of halogens is 3. The highest BCUT2D eigenvalue weighted by Crippen LogP contribution is 2.22. The minimum absolute atomic E-state index is 0. The Labute approximate surface area is 192 Å². The third-order valence-corrected chi connectivity index (χ3v) is 4.45. The van der Waals surface area contributed by atoms with Gasteiger partial charge in [-0.1, -0.05) is 35.9 Å². The first kappa shape index (κ1) is 25.9. The second kappa shape index (κ2) is 11.9. The lowest BCUT2D eigenvalue weighted by Crippen LogP contribution is -2.36. The Morgan fingerprint density at radius 1 is 1.10 bits per heavy atom. The minimum Gasteiger partial charge on any atom is -0.434 e. The normalized spacial score (nSPS) is 11.6. The topological polar surface area (TPSA) is 91.8 Å². The molecule has 0 aliphatic rings. The van der Waals surface area contributed by atoms with Crippen molar-refractivity contribution in [3.05, 3.63) is 59.2 Å². The predicted molar refractivity (Wildman–Crippen MR) is 125 cm³/mol. The van der Waals surface area contributed by atoms with E-state index in [1.807, 2.05) is 6.92 Å². The highest BCUT2D eigenvalue weighted by molar-refractivity contribution is 14.0. The maximum absolute atomic E-state index is 12.6. The van der Waals surface area contributed by atoms with Gasteiger partial charge in [0.1, 0.15) is 5.75 Å². The Morgan fingerprint density at radius 3 is 2.33 bits per heavy atom. The number of nitrogens with one attached hydrogen (secondary N) is 3. The van der Waals surface area contributed by atoms with E-state index in [4.69, 9.17) is 0 Å². The van der Waals surface area contributed by atoms with Crippen LogP contribution in [-0.4, -0.2) is 34.3 Å². The van der Waals surface area contributed by atoms with Crippen LogP contribution in [0.5, 0.6) is 5.75 Å². The number of rotatable bonds is 8. The van der Waals surface area contributed by atoms with Gasteiger partial charge in [-0.25, -0.2) is 8.42 Å². The lowest BCUT2D eigenvalue weighted by molar-refractivity contribution is -0.0504. The molecule has 0 aliphatic carbocycles. The summed E-state index contributed by atoms with van der Waals surface area (Å²) in [6.45, 7) is -0.541. The number of benzene rings is 2. The van der Waals surface area contributed by atoms with Gasteiger partial charge in [0.2, 0.25) is 10.0 Å². The van der Waals surface area contributed by atoms with Crippen LogP contribution in [-0.2, 0) is 23.1 Å². The van der Waals surface area contributed by atoms with Gasteiger partial charge < -0.3 is 15.4 Å². The summed E-state index contributed by atoms with van der Waals surface area (Å²) in [6.07, 6.45) is 1.08. The van der Waals surface area contributed by atoms with Gasteiger partial charge in [0.15, 0.2) is 5.96 Å². The molecule has 2 rings (SSSR count). The van der Waals surface area contributed by atoms with Gasteiger partial charge >= 0.3 is 6.61 Å². The number of para-hydroxylation sites is 1. The van der Waals surface area contributed by atoms with Gasteiger partial charge in [-0.3, -0.25) is 9.71 Å². The number of nitrogens with zero attached hydrogens (tertiary/aromatic N) is 1. The molecule has 0 amide bonds. The molecular formula is C19H25F2IN4O3S. The highest BCUT2D eigenvalue weighted by Gasteiger charge is 2.11. The molecule has 166 valence electrons. The van der Waals surface area contributed by atoms with Crippen LogP contribution in [0, 0.1) is 6.92 Å². The zero-order valence-electron chi connectivity index (χ0n) is 16.8. The molecule has 11 heteroatoms. The molecule has 7 nitrogen and oxygen atoms in total. The van der Waals surface area contributed by atoms with E-state index in [-0.39, 0.29) is 36.3 Å². The summed E-state index contributed by atoms with van der Waals surface area (Å²) in [5, 5.41) is 6.11. The molecule has 0 spiro atoms. The fraction of sp³-hybridized carbons (Fsp3) is 0.316. The van der Waals surface area contributed by atoms with E-state index >= 15 is 0 Å². The van der Waals surface area contributed by atoms with E-state index < -0.39 is 16.6 Å². The van der Waals surface area contributed by atoms with Gasteiger partial charge in [-0.15, -0.1) is 24.0 Å². The molecule has 0 aliphatic heterocycles. The van der Waals surface area contributed by atoms with E-state index in [1.165, 1.54) is 6.07 Å². The molecule has 0 aromatic heterocycles. The van der Waals surface area contributed by atoms with Gasteiger partial charge in [-0.05, 0) is 24.6 Å². The van der Waals surface area contributed by atoms with Crippen molar-refractivity contribution in [1.29, 1.82) is 0 Å². The smallest absolute Gasteiger partial charge is 0.387 e. The first-order valence-electron chi connectivity index (χ1n) is 8.72. The molecule has 0 heterocycles. The summed E-state index contributed by atoms with van der Waals surface area (Å²) in [5.74, 6) is 0.514. The minimum atomic E-state index is -3.41. The molecule has 0 saturated heterocycles. The van der Waals surface area contributed by atoms with E-state index in [1.54, 1.807) is 43.4 Å². The number of aryl methyl sites for hydroxylation is 1. The monoisotopic (exact) mass is 554 g/mol. The van der Waals surface area contributed by atoms with Crippen molar-refractivity contribution in [2.45, 2.75) is 26.6 Å². The third-order valence-electron chi connectivity index (χ3n) is 3.86. The fourth-order valence-corrected chi connectivity index (χ4v) is 3.21. The largest absolute Gasteiger partial charge is 0.434 e. The van der Waals surface area contributed by atoms with Crippen LogP contribution in [0.3, 0.4) is 0 Å². The molecule has 30 heavy (non-hydrogen) atoms. The van der Waals surface area contributed by atoms with Crippen molar-refractivity contribution < 1.29 is 21.9 Å². The SMILES string of the molecule is CN=C(NCc1ccccc1NS(C)(=O)=O)NCc1cc(C)ccc1OC(F)F.I. The van der Waals surface area contributed by atoms with Gasteiger partial charge in [0.05, 0.1) is 11.9 Å². The fourth-order valence-electron chi connectivity index (χ4n) is 2.61. The van der Waals surface area contributed by atoms with Crippen LogP contribution < -0.4 is 20.1 Å². The van der Waals surface area contributed by atoms with E-state index in [0.717, 1.165) is 17.4 Å². The van der Waals surface area contributed by atoms with Crippen LogP contribution >= 0.6 is 24.0 Å². The number of aliphatic imine (C=N–C) groups is 1. The number of hydrogen-bond donors (Lipinski definition) is 3. The molecule has 0 fully saturated rings. The first-order chi connectivity index (χ1) is 13.7. The zero-order chi connectivity index (χ0) is 21.4. The van der Waals surface area contributed by atoms with Crippen LogP contribution in [0.25, 0.3) is 0 Å². The highest BCUT2D eigenvalue weighted by atomic mass is 127. The van der Waals surface area contributed by atoms with Gasteiger partial charge in [0.25, 0.3) is 0 Å². The molecule has 2 aromatic rings. The van der Waals surface area contributed by atoms with Crippen molar-refractivity contribution in [3.8, 4) is 5.75 Å². The van der Waals surface area contributed by atoms with Crippen LogP contribution in [0.4, 0.5) is 14.5 Å². The quantitative estimate of drug-likeness (QED) is 0.264. The van der Waals surface area contributed by atoms with Crippen LogP contribution in [0.2, 0.25) is 0 Å². The first-order valence-corrected chi connectivity index (χ1v) is 10.6. The number of ether oxygens (including phenoxy) is 1. The van der Waals surface area contributed by atoms with Crippen molar-refractivity contribution in [1.82, 2.24) is 10.6 Å². The predicted octanol–water partition coefficient (Wildman–Crippen LogP) is 3.45. The Morgan fingerprint density at radius 2 is 1.73 bits per heavy atom. The Kier molecular flexibility index (Phi) is 10.3. The number of hydrogen-bond acceptors (Lipinski definition) is 4. The molecule has 3 N–H and O–H groups in total. The molecule has 0 atom stereocenters. The van der Waals surface area contributed by atoms with Crippen LogP contribution in [0.15, 0.2) is 47.5 Å². The summed E-state index contributed by atoms with van der Waals surface area (Å²) in [4.78, 5) is 4.10. The second-order valence-corrected chi connectivity index (χ2v) is 8.05. The maximum atomic E-state index is 12.6. The summed E-state index contributed by atoms with van der Waals surface area (Å²) in [7, 11) is -1.84. The Bertz CT molecular complexity index is 972. The second-order valence-electron chi connectivity index (χ2n) is 6.30. The average molecular weight is 554 g/mol. The summed E-state index contributed by atoms with van der Waals surface area (Å²) >= 11 is 0. The van der Waals surface area contributed by atoms with Crippen molar-refractivity contribution >= 4 is 45.6 Å². The van der Waals surface area contributed by atoms with Crippen molar-refractivity contribution in [3.63, 3.8) is 0 Å².